The molecule has 0 unspecified atom stereocenters. The molecular formula is C23H31IN2O6. The van der Waals surface area contributed by atoms with E-state index in [4.69, 9.17) is 14.6 Å². The zero-order valence-corrected chi connectivity index (χ0v) is 20.4. The highest BCUT2D eigenvalue weighted by atomic mass is 127. The van der Waals surface area contributed by atoms with Crippen molar-refractivity contribution < 1.29 is 29.3 Å². The minimum atomic E-state index is -1.05. The number of ether oxygens (including phenoxy) is 2. The van der Waals surface area contributed by atoms with Gasteiger partial charge in [-0.1, -0.05) is 18.2 Å². The molecule has 8 nitrogen and oxygen atoms in total. The molecule has 0 fully saturated rings. The normalized spacial score (nSPS) is 20.2. The van der Waals surface area contributed by atoms with Crippen molar-refractivity contribution in [2.75, 3.05) is 33.4 Å². The molecule has 176 valence electrons. The summed E-state index contributed by atoms with van der Waals surface area (Å²) in [7, 11) is 1.54. The van der Waals surface area contributed by atoms with Gasteiger partial charge in [0.25, 0.3) is 0 Å². The number of nitrogens with zero attached hydrogens (tertiary/aromatic N) is 1. The summed E-state index contributed by atoms with van der Waals surface area (Å²) in [6.07, 6.45) is 2.29. The maximum absolute atomic E-state index is 12.9. The van der Waals surface area contributed by atoms with Crippen molar-refractivity contribution in [2.24, 2.45) is 0 Å². The number of rotatable bonds is 12. The number of aliphatic hydroxyl groups excluding tert-OH is 2. The number of aliphatic hydroxyl groups is 2. The highest BCUT2D eigenvalue weighted by molar-refractivity contribution is 14.1. The maximum atomic E-state index is 12.9. The third kappa shape index (κ3) is 7.29. The Balaban J connectivity index is 2.36. The minimum Gasteiger partial charge on any atom is -0.482 e. The summed E-state index contributed by atoms with van der Waals surface area (Å²) < 4.78 is 12.1. The van der Waals surface area contributed by atoms with Gasteiger partial charge in [0, 0.05) is 38.6 Å². The van der Waals surface area contributed by atoms with E-state index >= 15 is 0 Å². The highest BCUT2D eigenvalue weighted by Crippen LogP contribution is 2.30. The van der Waals surface area contributed by atoms with Gasteiger partial charge in [-0.05, 0) is 47.2 Å². The van der Waals surface area contributed by atoms with E-state index in [9.17, 15) is 14.7 Å². The van der Waals surface area contributed by atoms with Gasteiger partial charge < -0.3 is 29.9 Å². The summed E-state index contributed by atoms with van der Waals surface area (Å²) in [5, 5.41) is 22.9. The average Bonchev–Trinajstić information content (AvgIpc) is 2.79. The molecule has 32 heavy (non-hydrogen) atoms. The largest absolute Gasteiger partial charge is 0.482 e. The first-order valence-electron chi connectivity index (χ1n) is 10.5. The van der Waals surface area contributed by atoms with Crippen LogP contribution in [0.3, 0.4) is 0 Å². The van der Waals surface area contributed by atoms with Crippen molar-refractivity contribution in [3.8, 4) is 5.75 Å². The lowest BCUT2D eigenvalue weighted by Gasteiger charge is -2.40. The smallest absolute Gasteiger partial charge is 0.247 e. The van der Waals surface area contributed by atoms with Crippen molar-refractivity contribution in [1.82, 2.24) is 10.2 Å². The fraction of sp³-hybridized carbons (Fsp3) is 0.478. The van der Waals surface area contributed by atoms with E-state index in [2.05, 4.69) is 34.5 Å². The maximum Gasteiger partial charge on any atom is 0.247 e. The molecule has 0 aliphatic heterocycles. The van der Waals surface area contributed by atoms with E-state index in [1.54, 1.807) is 30.2 Å². The van der Waals surface area contributed by atoms with Gasteiger partial charge in [0.2, 0.25) is 11.8 Å². The van der Waals surface area contributed by atoms with Crippen LogP contribution in [0.25, 0.3) is 0 Å². The summed E-state index contributed by atoms with van der Waals surface area (Å²) in [5.41, 5.74) is 0.392. The zero-order valence-electron chi connectivity index (χ0n) is 18.2. The van der Waals surface area contributed by atoms with Crippen molar-refractivity contribution in [2.45, 2.75) is 37.5 Å². The Hall–Kier alpha value is -1.95. The molecule has 0 radical (unpaired) electrons. The Bertz CT molecular complexity index is 815. The van der Waals surface area contributed by atoms with E-state index in [0.29, 0.717) is 24.4 Å². The van der Waals surface area contributed by atoms with Crippen LogP contribution in [0, 0.1) is 3.57 Å². The van der Waals surface area contributed by atoms with Crippen molar-refractivity contribution in [3.63, 3.8) is 0 Å². The number of methoxy groups -OCH3 is 1. The average molecular weight is 558 g/mol. The Morgan fingerprint density at radius 3 is 2.78 bits per heavy atom. The summed E-state index contributed by atoms with van der Waals surface area (Å²) in [4.78, 5) is 27.2. The number of benzene rings is 1. The number of carbonyl (C=O) groups is 2. The lowest BCUT2D eigenvalue weighted by atomic mass is 9.88. The molecule has 9 heteroatoms. The third-order valence-corrected chi connectivity index (χ3v) is 6.02. The number of para-hydroxylation sites is 1. The molecule has 2 rings (SSSR count). The van der Waals surface area contributed by atoms with Crippen LogP contribution in [0.1, 0.15) is 19.3 Å². The van der Waals surface area contributed by atoms with Gasteiger partial charge in [0.1, 0.15) is 18.0 Å². The van der Waals surface area contributed by atoms with E-state index in [-0.39, 0.29) is 44.4 Å². The number of amides is 2. The lowest BCUT2D eigenvalue weighted by molar-refractivity contribution is -0.139. The van der Waals surface area contributed by atoms with Crippen molar-refractivity contribution >= 4 is 34.4 Å². The fourth-order valence-electron chi connectivity index (χ4n) is 3.50. The van der Waals surface area contributed by atoms with Gasteiger partial charge in [0.15, 0.2) is 0 Å². The molecule has 2 amide bonds. The van der Waals surface area contributed by atoms with E-state index < -0.39 is 18.2 Å². The van der Waals surface area contributed by atoms with Crippen LogP contribution in [-0.4, -0.2) is 78.6 Å². The zero-order chi connectivity index (χ0) is 23.5. The first-order valence-corrected chi connectivity index (χ1v) is 11.6. The first kappa shape index (κ1) is 26.3. The molecule has 0 heterocycles. The monoisotopic (exact) mass is 558 g/mol. The number of allylic oxidation sites excluding steroid dienone is 1. The Morgan fingerprint density at radius 1 is 1.38 bits per heavy atom. The molecule has 1 aliphatic carbocycles. The molecule has 1 aromatic rings. The van der Waals surface area contributed by atoms with E-state index in [0.717, 1.165) is 3.57 Å². The summed E-state index contributed by atoms with van der Waals surface area (Å²) in [6.45, 7) is 4.15. The first-order chi connectivity index (χ1) is 15.4. The number of nitrogens with one attached hydrogen (secondary N) is 1. The number of carbonyl (C=O) groups excluding carboxylic acids is 2. The molecule has 3 atom stereocenters. The Kier molecular flexibility index (Phi) is 11.1. The second kappa shape index (κ2) is 13.6. The minimum absolute atomic E-state index is 0.108. The number of hydrogen-bond acceptors (Lipinski definition) is 6. The highest BCUT2D eigenvalue weighted by Gasteiger charge is 2.40. The predicted octanol–water partition coefficient (Wildman–Crippen LogP) is 1.65. The second-order valence-corrected chi connectivity index (χ2v) is 8.52. The van der Waals surface area contributed by atoms with Gasteiger partial charge in [-0.25, -0.2) is 0 Å². The number of hydrogen-bond donors (Lipinski definition) is 3. The molecule has 0 saturated carbocycles. The van der Waals surface area contributed by atoms with Crippen LogP contribution in [0.15, 0.2) is 48.6 Å². The summed E-state index contributed by atoms with van der Waals surface area (Å²) in [5.74, 6) is 0.0548. The molecule has 0 spiro atoms. The van der Waals surface area contributed by atoms with E-state index in [1.807, 2.05) is 18.2 Å². The second-order valence-electron chi connectivity index (χ2n) is 7.35. The lowest BCUT2D eigenvalue weighted by Crippen LogP contribution is -2.55. The third-order valence-electron chi connectivity index (χ3n) is 5.13. The van der Waals surface area contributed by atoms with Gasteiger partial charge in [-0.2, -0.15) is 0 Å². The summed E-state index contributed by atoms with van der Waals surface area (Å²) >= 11 is 2.14. The molecule has 0 aromatic heterocycles. The molecule has 1 aromatic carbocycles. The SMILES string of the molecule is C=CCCC(=O)N(CCOC)[C@@H]1CC(C(=O)NCCO)=C[C@H](Oc2ccccc2I)[C@H]1O. The van der Waals surface area contributed by atoms with Crippen LogP contribution in [-0.2, 0) is 14.3 Å². The molecule has 3 N–H and O–H groups in total. The molecule has 0 bridgehead atoms. The number of halogens is 1. The van der Waals surface area contributed by atoms with Gasteiger partial charge in [-0.3, -0.25) is 9.59 Å². The van der Waals surface area contributed by atoms with Crippen LogP contribution in [0.2, 0.25) is 0 Å². The Labute approximate surface area is 202 Å². The van der Waals surface area contributed by atoms with Gasteiger partial charge in [0.05, 0.1) is 22.8 Å². The molecule has 0 saturated heterocycles. The van der Waals surface area contributed by atoms with Gasteiger partial charge in [-0.15, -0.1) is 6.58 Å². The topological polar surface area (TPSA) is 108 Å². The van der Waals surface area contributed by atoms with Crippen LogP contribution >= 0.6 is 22.6 Å². The standard InChI is InChI=1S/C23H31IN2O6/c1-3-4-9-21(28)26(11-13-31-2)18-14-16(23(30)25-10-12-27)15-20(22(18)29)32-19-8-6-5-7-17(19)24/h3,5-8,15,18,20,22,27,29H,1,4,9-14H2,2H3,(H,25,30)/t18-,20+,22+/m1/s1. The molecular weight excluding hydrogens is 527 g/mol. The van der Waals surface area contributed by atoms with Crippen molar-refractivity contribution in [3.05, 3.63) is 52.1 Å². The predicted molar refractivity (Wildman–Crippen MR) is 129 cm³/mol. The Morgan fingerprint density at radius 2 is 2.12 bits per heavy atom. The van der Waals surface area contributed by atoms with E-state index in [1.165, 1.54) is 0 Å². The quantitative estimate of drug-likeness (QED) is 0.266. The molecule has 1 aliphatic rings. The van der Waals surface area contributed by atoms with Crippen LogP contribution in [0.4, 0.5) is 0 Å². The van der Waals surface area contributed by atoms with Crippen molar-refractivity contribution in [1.29, 1.82) is 0 Å². The summed E-state index contributed by atoms with van der Waals surface area (Å²) in [6, 6.07) is 6.70. The van der Waals surface area contributed by atoms with Crippen LogP contribution < -0.4 is 10.1 Å². The van der Waals surface area contributed by atoms with Crippen LogP contribution in [0.5, 0.6) is 5.75 Å². The van der Waals surface area contributed by atoms with Gasteiger partial charge >= 0.3 is 0 Å². The fourth-order valence-corrected chi connectivity index (χ4v) is 4.02.